The smallest absolute Gasteiger partial charge is 0.324 e. The van der Waals surface area contributed by atoms with Gasteiger partial charge >= 0.3 is 11.4 Å². The Labute approximate surface area is 131 Å². The number of hydrogen-bond donors (Lipinski definition) is 4. The maximum absolute atomic E-state index is 10.4. The van der Waals surface area contributed by atoms with Crippen LogP contribution in [-0.2, 0) is 6.61 Å². The molecule has 24 heavy (non-hydrogen) atoms. The fraction of sp³-hybridized carbons (Fsp3) is 0.100. The van der Waals surface area contributed by atoms with E-state index in [-0.39, 0.29) is 6.61 Å². The number of H-pyrrole nitrogens is 1. The number of nitrogens with zero attached hydrogens (tertiary/aromatic N) is 4. The Balaban J connectivity index is 0.000000300. The molecular weight excluding hydrogens is 332 g/mol. The molecule has 0 bridgehead atoms. The second kappa shape index (κ2) is 7.45. The summed E-state index contributed by atoms with van der Waals surface area (Å²) in [6.45, 7) is -0.0618. The molecule has 1 aromatic carbocycles. The van der Waals surface area contributed by atoms with Crippen LogP contribution in [-0.4, -0.2) is 35.0 Å². The van der Waals surface area contributed by atoms with E-state index in [4.69, 9.17) is 15.9 Å². The van der Waals surface area contributed by atoms with Crippen molar-refractivity contribution in [2.75, 3.05) is 5.73 Å². The monoisotopic (exact) mass is 342 g/mol. The summed E-state index contributed by atoms with van der Waals surface area (Å²) in [6.07, 6.45) is 1.56. The molecule has 0 fully saturated rings. The number of aliphatic hydroxyl groups is 1. The quantitative estimate of drug-likeness (QED) is 0.446. The fourth-order valence-corrected chi connectivity index (χ4v) is 1.43. The molecule has 0 saturated carbocycles. The van der Waals surface area contributed by atoms with Gasteiger partial charge in [-0.3, -0.25) is 30.3 Å². The first kappa shape index (κ1) is 18.2. The standard InChI is InChI=1S/C6H3N3O7.C4H7N3O/c10-6-4(8(13)14)1-3(7(11)12)2-5(6)9(15)16;5-4-6-1-3(2-8)7-4/h1-2,10H;1,8H,2H2,(H3,5,6,7). The summed E-state index contributed by atoms with van der Waals surface area (Å²) >= 11 is 0. The number of hydrogen-bond acceptors (Lipinski definition) is 10. The normalized spacial score (nSPS) is 9.71. The molecule has 0 amide bonds. The summed E-state index contributed by atoms with van der Waals surface area (Å²) in [5.74, 6) is -0.866. The fourth-order valence-electron chi connectivity index (χ4n) is 1.43. The molecule has 14 heteroatoms. The lowest BCUT2D eigenvalue weighted by Gasteiger charge is -1.97. The third kappa shape index (κ3) is 4.34. The van der Waals surface area contributed by atoms with Crippen LogP contribution in [0, 0.1) is 30.3 Å². The highest BCUT2D eigenvalue weighted by atomic mass is 16.6. The number of non-ortho nitro benzene ring substituents is 1. The average molecular weight is 342 g/mol. The Morgan fingerprint density at radius 2 is 1.58 bits per heavy atom. The van der Waals surface area contributed by atoms with Gasteiger partial charge in [0.25, 0.3) is 11.4 Å². The van der Waals surface area contributed by atoms with E-state index in [2.05, 4.69) is 9.97 Å². The number of benzene rings is 1. The van der Waals surface area contributed by atoms with Crippen LogP contribution in [0.25, 0.3) is 0 Å². The summed E-state index contributed by atoms with van der Waals surface area (Å²) in [7, 11) is 0. The summed E-state index contributed by atoms with van der Waals surface area (Å²) in [5, 5.41) is 48.6. The number of phenolic OH excluding ortho intramolecular Hbond substituents is 1. The predicted octanol–water partition coefficient (Wildman–Crippen LogP) is 0.601. The van der Waals surface area contributed by atoms with Gasteiger partial charge in [-0.1, -0.05) is 0 Å². The van der Waals surface area contributed by atoms with Gasteiger partial charge in [0.1, 0.15) is 0 Å². The first-order chi connectivity index (χ1) is 11.2. The highest BCUT2D eigenvalue weighted by Crippen LogP contribution is 2.38. The summed E-state index contributed by atoms with van der Waals surface area (Å²) in [4.78, 5) is 34.1. The van der Waals surface area contributed by atoms with Gasteiger partial charge < -0.3 is 20.9 Å². The minimum absolute atomic E-state index is 0.0618. The number of aromatic amines is 1. The molecule has 0 aliphatic heterocycles. The molecule has 0 aliphatic carbocycles. The molecular formula is C10H10N6O8. The lowest BCUT2D eigenvalue weighted by atomic mass is 10.2. The van der Waals surface area contributed by atoms with Crippen LogP contribution in [0.1, 0.15) is 5.69 Å². The van der Waals surface area contributed by atoms with Crippen LogP contribution in [0.3, 0.4) is 0 Å². The second-order valence-electron chi connectivity index (χ2n) is 4.04. The number of nitrogens with one attached hydrogen (secondary N) is 1. The molecule has 1 heterocycles. The van der Waals surface area contributed by atoms with Gasteiger partial charge in [0.05, 0.1) is 39.2 Å². The van der Waals surface area contributed by atoms with Gasteiger partial charge in [-0.2, -0.15) is 0 Å². The van der Waals surface area contributed by atoms with Gasteiger partial charge in [-0.25, -0.2) is 4.98 Å². The maximum Gasteiger partial charge on any atom is 0.324 e. The van der Waals surface area contributed by atoms with Crippen LogP contribution in [0.5, 0.6) is 5.75 Å². The van der Waals surface area contributed by atoms with Crippen molar-refractivity contribution in [3.8, 4) is 5.75 Å². The van der Waals surface area contributed by atoms with Gasteiger partial charge in [0, 0.05) is 6.20 Å². The molecule has 5 N–H and O–H groups in total. The number of nitro benzene ring substituents is 3. The van der Waals surface area contributed by atoms with Crippen molar-refractivity contribution in [3.63, 3.8) is 0 Å². The lowest BCUT2D eigenvalue weighted by molar-refractivity contribution is -0.404. The Morgan fingerprint density at radius 1 is 1.08 bits per heavy atom. The van der Waals surface area contributed by atoms with E-state index >= 15 is 0 Å². The van der Waals surface area contributed by atoms with Gasteiger partial charge in [-0.05, 0) is 0 Å². The number of aliphatic hydroxyl groups excluding tert-OH is 1. The van der Waals surface area contributed by atoms with Crippen molar-refractivity contribution in [1.82, 2.24) is 9.97 Å². The van der Waals surface area contributed by atoms with E-state index in [0.29, 0.717) is 23.8 Å². The first-order valence-corrected chi connectivity index (χ1v) is 5.88. The van der Waals surface area contributed by atoms with Gasteiger partial charge in [0.2, 0.25) is 0 Å². The molecule has 0 spiro atoms. The predicted molar refractivity (Wildman–Crippen MR) is 77.0 cm³/mol. The van der Waals surface area contributed by atoms with Crippen molar-refractivity contribution in [1.29, 1.82) is 0 Å². The number of aromatic nitrogens is 2. The summed E-state index contributed by atoms with van der Waals surface area (Å²) < 4.78 is 0. The molecule has 0 saturated heterocycles. The zero-order valence-electron chi connectivity index (χ0n) is 11.6. The molecule has 128 valence electrons. The minimum Gasteiger partial charge on any atom is -0.497 e. The molecule has 1 aromatic heterocycles. The van der Waals surface area contributed by atoms with Crippen molar-refractivity contribution in [2.45, 2.75) is 6.61 Å². The topological polar surface area (TPSA) is 225 Å². The van der Waals surface area contributed by atoms with Gasteiger partial charge in [-0.15, -0.1) is 0 Å². The van der Waals surface area contributed by atoms with Crippen LogP contribution in [0.4, 0.5) is 23.0 Å². The lowest BCUT2D eigenvalue weighted by Crippen LogP contribution is -1.97. The van der Waals surface area contributed by atoms with E-state index in [9.17, 15) is 30.3 Å². The average Bonchev–Trinajstić information content (AvgIpc) is 2.93. The van der Waals surface area contributed by atoms with Crippen molar-refractivity contribution in [3.05, 3.63) is 54.4 Å². The largest absolute Gasteiger partial charge is 0.497 e. The Morgan fingerprint density at radius 3 is 1.83 bits per heavy atom. The molecule has 14 nitrogen and oxygen atoms in total. The van der Waals surface area contributed by atoms with E-state index in [1.807, 2.05) is 0 Å². The Bertz CT molecular complexity index is 752. The molecule has 0 atom stereocenters. The van der Waals surface area contributed by atoms with Crippen LogP contribution in [0.2, 0.25) is 0 Å². The Kier molecular flexibility index (Phi) is 5.66. The highest BCUT2D eigenvalue weighted by molar-refractivity contribution is 5.64. The molecule has 2 aromatic rings. The number of nitro groups is 3. The molecule has 0 unspecified atom stereocenters. The molecule has 0 radical (unpaired) electrons. The highest BCUT2D eigenvalue weighted by Gasteiger charge is 2.30. The SMILES string of the molecule is Nc1nc(CO)c[nH]1.O=[N+]([O-])c1cc([N+](=O)[O-])c(O)c([N+](=O)[O-])c1. The molecule has 2 rings (SSSR count). The third-order valence-corrected chi connectivity index (χ3v) is 2.47. The first-order valence-electron chi connectivity index (χ1n) is 5.88. The third-order valence-electron chi connectivity index (χ3n) is 2.47. The summed E-state index contributed by atoms with van der Waals surface area (Å²) in [6, 6.07) is 0.894. The second-order valence-corrected chi connectivity index (χ2v) is 4.04. The number of phenols is 1. The van der Waals surface area contributed by atoms with Crippen molar-refractivity contribution in [2.24, 2.45) is 0 Å². The van der Waals surface area contributed by atoms with Crippen LogP contribution in [0.15, 0.2) is 18.3 Å². The number of aromatic hydroxyl groups is 1. The van der Waals surface area contributed by atoms with Crippen LogP contribution >= 0.6 is 0 Å². The Hall–Kier alpha value is -3.81. The van der Waals surface area contributed by atoms with E-state index in [1.165, 1.54) is 0 Å². The number of nitrogens with two attached hydrogens (primary N) is 1. The minimum atomic E-state index is -1.21. The van der Waals surface area contributed by atoms with E-state index in [0.717, 1.165) is 0 Å². The van der Waals surface area contributed by atoms with Gasteiger partial charge in [0.15, 0.2) is 5.95 Å². The van der Waals surface area contributed by atoms with Crippen LogP contribution < -0.4 is 5.73 Å². The summed E-state index contributed by atoms with van der Waals surface area (Å²) in [5.41, 5.74) is 2.75. The number of imidazole rings is 1. The van der Waals surface area contributed by atoms with E-state index < -0.39 is 37.6 Å². The number of anilines is 1. The zero-order chi connectivity index (χ0) is 18.4. The van der Waals surface area contributed by atoms with Crippen molar-refractivity contribution >= 4 is 23.0 Å². The molecule has 0 aliphatic rings. The van der Waals surface area contributed by atoms with Crippen molar-refractivity contribution < 1.29 is 25.0 Å². The number of rotatable bonds is 4. The van der Waals surface area contributed by atoms with E-state index in [1.54, 1.807) is 6.20 Å². The zero-order valence-corrected chi connectivity index (χ0v) is 11.6. The maximum atomic E-state index is 10.4. The number of nitrogen functional groups attached to an aromatic ring is 1.